The molecule has 0 unspecified atom stereocenters. The number of nitrogens with zero attached hydrogens (tertiary/aromatic N) is 2. The van der Waals surface area contributed by atoms with Crippen LogP contribution >= 0.6 is 0 Å². The lowest BCUT2D eigenvalue weighted by Gasteiger charge is -1.87. The number of hydrogen-bond acceptors (Lipinski definition) is 3. The van der Waals surface area contributed by atoms with Crippen LogP contribution in [0.5, 0.6) is 0 Å². The first-order valence-electron chi connectivity index (χ1n) is 2.64. The van der Waals surface area contributed by atoms with E-state index < -0.39 is 17.5 Å². The maximum atomic E-state index is 10.6. The Labute approximate surface area is 62.9 Å². The van der Waals surface area contributed by atoms with E-state index in [-0.39, 0.29) is 0 Å². The van der Waals surface area contributed by atoms with Crippen LogP contribution in [0.4, 0.5) is 0 Å². The van der Waals surface area contributed by atoms with Gasteiger partial charge in [0, 0.05) is 0 Å². The van der Waals surface area contributed by atoms with Gasteiger partial charge >= 0.3 is 11.7 Å². The number of ketones is 1. The van der Waals surface area contributed by atoms with E-state index in [1.54, 1.807) is 0 Å². The predicted molar refractivity (Wildman–Crippen MR) is 35.8 cm³/mol. The van der Waals surface area contributed by atoms with Crippen molar-refractivity contribution in [1.82, 2.24) is 0 Å². The van der Waals surface area contributed by atoms with Crippen molar-refractivity contribution in [2.24, 2.45) is 0 Å². The molecule has 0 atom stereocenters. The van der Waals surface area contributed by atoms with Crippen LogP contribution in [0.25, 0.3) is 5.53 Å². The fraction of sp³-hybridized carbons (Fsp3) is 0.167. The molecule has 5 heteroatoms. The van der Waals surface area contributed by atoms with Crippen molar-refractivity contribution in [2.45, 2.75) is 0 Å². The molecule has 0 saturated heterocycles. The van der Waals surface area contributed by atoms with Gasteiger partial charge in [-0.05, 0) is 6.08 Å². The molecule has 0 radical (unpaired) electrons. The van der Waals surface area contributed by atoms with Crippen LogP contribution in [0.15, 0.2) is 12.7 Å². The highest BCUT2D eigenvalue weighted by molar-refractivity contribution is 6.64. The number of methoxy groups -OCH3 is 1. The Morgan fingerprint density at radius 2 is 2.18 bits per heavy atom. The molecule has 0 aromatic carbocycles. The molecule has 0 heterocycles. The number of ether oxygens (including phenoxy) is 1. The summed E-state index contributed by atoms with van der Waals surface area (Å²) in [6.45, 7) is 3.10. The first-order chi connectivity index (χ1) is 5.17. The minimum Gasteiger partial charge on any atom is -0.460 e. The molecule has 58 valence electrons. The molecule has 11 heavy (non-hydrogen) atoms. The number of carbonyl (C=O) groups excluding carboxylic acids is 2. The minimum absolute atomic E-state index is 0.678. The topological polar surface area (TPSA) is 79.8 Å². The molecule has 0 amide bonds. The number of esters is 1. The number of hydrogen-bond donors (Lipinski definition) is 0. The highest BCUT2D eigenvalue weighted by atomic mass is 16.5. The summed E-state index contributed by atoms with van der Waals surface area (Å²) in [5.41, 5.74) is 7.47. The molecular weight excluding hydrogens is 148 g/mol. The summed E-state index contributed by atoms with van der Waals surface area (Å²) in [6.07, 6.45) is 0.853. The Bertz CT molecular complexity index is 251. The first kappa shape index (κ1) is 9.26. The third-order valence-corrected chi connectivity index (χ3v) is 0.898. The van der Waals surface area contributed by atoms with E-state index in [0.29, 0.717) is 0 Å². The van der Waals surface area contributed by atoms with Crippen LogP contribution in [0.1, 0.15) is 0 Å². The highest BCUT2D eigenvalue weighted by Crippen LogP contribution is 1.82. The first-order valence-corrected chi connectivity index (χ1v) is 2.64. The Hall–Kier alpha value is -1.74. The lowest BCUT2D eigenvalue weighted by Crippen LogP contribution is -2.24. The molecule has 0 aliphatic carbocycles. The lowest BCUT2D eigenvalue weighted by molar-refractivity contribution is -0.139. The van der Waals surface area contributed by atoms with E-state index in [4.69, 9.17) is 5.53 Å². The average Bonchev–Trinajstić information content (AvgIpc) is 2.05. The van der Waals surface area contributed by atoms with Crippen LogP contribution < -0.4 is 0 Å². The molecule has 0 saturated carbocycles. The molecule has 0 N–H and O–H groups in total. The van der Waals surface area contributed by atoms with Gasteiger partial charge in [-0.3, -0.25) is 4.79 Å². The van der Waals surface area contributed by atoms with E-state index in [9.17, 15) is 9.59 Å². The van der Waals surface area contributed by atoms with Gasteiger partial charge < -0.3 is 10.3 Å². The van der Waals surface area contributed by atoms with Crippen molar-refractivity contribution in [1.29, 1.82) is 0 Å². The van der Waals surface area contributed by atoms with Crippen molar-refractivity contribution >= 4 is 17.5 Å². The monoisotopic (exact) mass is 154 g/mol. The normalized spacial score (nSPS) is 7.73. The van der Waals surface area contributed by atoms with Gasteiger partial charge in [0.2, 0.25) is 0 Å². The third kappa shape index (κ3) is 2.15. The largest absolute Gasteiger partial charge is 0.460 e. The van der Waals surface area contributed by atoms with Crippen molar-refractivity contribution in [3.05, 3.63) is 18.2 Å². The van der Waals surface area contributed by atoms with Gasteiger partial charge in [-0.15, -0.1) is 0 Å². The zero-order chi connectivity index (χ0) is 8.85. The minimum atomic E-state index is -0.989. The lowest BCUT2D eigenvalue weighted by atomic mass is 10.2. The quantitative estimate of drug-likeness (QED) is 0.138. The van der Waals surface area contributed by atoms with Crippen molar-refractivity contribution in [3.63, 3.8) is 0 Å². The molecule has 0 aromatic rings. The van der Waals surface area contributed by atoms with Crippen LogP contribution in [-0.2, 0) is 14.3 Å². The summed E-state index contributed by atoms with van der Waals surface area (Å²) >= 11 is 0. The fourth-order valence-electron chi connectivity index (χ4n) is 0.384. The van der Waals surface area contributed by atoms with Gasteiger partial charge in [-0.1, -0.05) is 6.58 Å². The van der Waals surface area contributed by atoms with E-state index in [0.717, 1.165) is 13.2 Å². The highest BCUT2D eigenvalue weighted by Gasteiger charge is 2.27. The standard InChI is InChI=1S/C6H6N2O3/c1-3-4(9)5(8-7)6(10)11-2/h3H,1H2,2H3. The van der Waals surface area contributed by atoms with E-state index in [1.807, 2.05) is 0 Å². The van der Waals surface area contributed by atoms with Gasteiger partial charge in [0.15, 0.2) is 0 Å². The summed E-state index contributed by atoms with van der Waals surface area (Å²) in [5.74, 6) is -1.77. The number of allylic oxidation sites excluding steroid dienone is 1. The zero-order valence-electron chi connectivity index (χ0n) is 5.90. The second kappa shape index (κ2) is 4.14. The van der Waals surface area contributed by atoms with Crippen molar-refractivity contribution < 1.29 is 19.1 Å². The molecule has 0 aliphatic rings. The Morgan fingerprint density at radius 1 is 1.64 bits per heavy atom. The number of rotatable bonds is 3. The molecule has 0 fully saturated rings. The van der Waals surface area contributed by atoms with Crippen molar-refractivity contribution in [3.8, 4) is 0 Å². The molecule has 0 aromatic heterocycles. The van der Waals surface area contributed by atoms with E-state index in [1.165, 1.54) is 0 Å². The Kier molecular flexibility index (Phi) is 3.48. The molecule has 0 bridgehead atoms. The van der Waals surface area contributed by atoms with E-state index in [2.05, 4.69) is 16.1 Å². The molecule has 0 aliphatic heterocycles. The van der Waals surface area contributed by atoms with Crippen LogP contribution in [0.2, 0.25) is 0 Å². The maximum absolute atomic E-state index is 10.6. The van der Waals surface area contributed by atoms with Crippen LogP contribution in [-0.4, -0.2) is 29.4 Å². The molecule has 5 nitrogen and oxygen atoms in total. The predicted octanol–water partition coefficient (Wildman–Crippen LogP) is -0.415. The number of carbonyl (C=O) groups is 2. The summed E-state index contributed by atoms with van der Waals surface area (Å²) < 4.78 is 4.13. The van der Waals surface area contributed by atoms with Crippen LogP contribution in [0.3, 0.4) is 0 Å². The molecular formula is C6H6N2O3. The van der Waals surface area contributed by atoms with Gasteiger partial charge in [-0.25, -0.2) is 4.79 Å². The third-order valence-electron chi connectivity index (χ3n) is 0.898. The van der Waals surface area contributed by atoms with Gasteiger partial charge in [0.1, 0.15) is 0 Å². The summed E-state index contributed by atoms with van der Waals surface area (Å²) in [6, 6.07) is 0. The molecule has 0 rings (SSSR count). The summed E-state index contributed by atoms with van der Waals surface area (Å²) in [5, 5.41) is 0. The second-order valence-corrected chi connectivity index (χ2v) is 1.51. The summed E-state index contributed by atoms with van der Waals surface area (Å²) in [4.78, 5) is 23.6. The average molecular weight is 154 g/mol. The second-order valence-electron chi connectivity index (χ2n) is 1.51. The zero-order valence-corrected chi connectivity index (χ0v) is 5.90. The fourth-order valence-corrected chi connectivity index (χ4v) is 0.384. The Balaban J connectivity index is 4.71. The van der Waals surface area contributed by atoms with Crippen molar-refractivity contribution in [2.75, 3.05) is 7.11 Å². The van der Waals surface area contributed by atoms with Crippen LogP contribution in [0, 0.1) is 0 Å². The maximum Gasteiger partial charge on any atom is 0.445 e. The smallest absolute Gasteiger partial charge is 0.445 e. The van der Waals surface area contributed by atoms with Gasteiger partial charge in [0.05, 0.1) is 7.11 Å². The SMILES string of the molecule is C=CC(=O)C(=[N+]=[N-])C(=O)OC. The van der Waals surface area contributed by atoms with Gasteiger partial charge in [0.25, 0.3) is 5.78 Å². The van der Waals surface area contributed by atoms with Gasteiger partial charge in [-0.2, -0.15) is 4.79 Å². The Morgan fingerprint density at radius 3 is 2.45 bits per heavy atom. The summed E-state index contributed by atoms with van der Waals surface area (Å²) in [7, 11) is 1.07. The van der Waals surface area contributed by atoms with E-state index >= 15 is 0 Å². The molecule has 0 spiro atoms.